The van der Waals surface area contributed by atoms with Crippen molar-refractivity contribution in [2.24, 2.45) is 0 Å². The van der Waals surface area contributed by atoms with E-state index < -0.39 is 11.7 Å². The van der Waals surface area contributed by atoms with E-state index in [-0.39, 0.29) is 23.9 Å². The molecule has 1 amide bonds. The largest absolute Gasteiger partial charge is 0.496 e. The number of carbonyl (C=O) groups excluding carboxylic acids is 1. The van der Waals surface area contributed by atoms with Crippen molar-refractivity contribution < 1.29 is 22.7 Å². The van der Waals surface area contributed by atoms with E-state index in [1.165, 1.54) is 11.8 Å². The van der Waals surface area contributed by atoms with Gasteiger partial charge in [0.2, 0.25) is 0 Å². The third kappa shape index (κ3) is 4.78. The van der Waals surface area contributed by atoms with Crippen LogP contribution in [0.1, 0.15) is 18.2 Å². The molecule has 9 heteroatoms. The fourth-order valence-electron chi connectivity index (χ4n) is 1.91. The number of aromatic nitrogens is 1. The first-order valence-electron chi connectivity index (χ1n) is 6.75. The molecule has 0 bridgehead atoms. The maximum atomic E-state index is 12.5. The molecule has 0 unspecified atom stereocenters. The van der Waals surface area contributed by atoms with Gasteiger partial charge in [0, 0.05) is 24.9 Å². The molecule has 1 aliphatic heterocycles. The summed E-state index contributed by atoms with van der Waals surface area (Å²) < 4.78 is 42.9. The summed E-state index contributed by atoms with van der Waals surface area (Å²) in [5, 5.41) is 2.62. The van der Waals surface area contributed by atoms with Gasteiger partial charge in [-0.2, -0.15) is 13.2 Å². The molecule has 23 heavy (non-hydrogen) atoms. The molecule has 0 saturated heterocycles. The van der Waals surface area contributed by atoms with Gasteiger partial charge in [0.1, 0.15) is 10.7 Å². The van der Waals surface area contributed by atoms with E-state index in [9.17, 15) is 18.0 Å². The molecule has 0 saturated carbocycles. The minimum atomic E-state index is -4.48. The zero-order valence-corrected chi connectivity index (χ0v) is 13.7. The van der Waals surface area contributed by atoms with Crippen molar-refractivity contribution in [3.8, 4) is 0 Å². The molecule has 1 aromatic rings. The predicted molar refractivity (Wildman–Crippen MR) is 82.1 cm³/mol. The molecule has 1 aliphatic rings. The number of pyridine rings is 1. The summed E-state index contributed by atoms with van der Waals surface area (Å²) in [5.74, 6) is 1.01. The molecule has 4 nitrogen and oxygen atoms in total. The molecule has 0 atom stereocenters. The Hall–Kier alpha value is -1.41. The van der Waals surface area contributed by atoms with Crippen molar-refractivity contribution in [3.63, 3.8) is 0 Å². The summed E-state index contributed by atoms with van der Waals surface area (Å²) >= 11 is 7.22. The number of nitrogens with zero attached hydrogens (tertiary/aromatic N) is 1. The smallest absolute Gasteiger partial charge is 0.417 e. The quantitative estimate of drug-likeness (QED) is 0.887. The van der Waals surface area contributed by atoms with Crippen LogP contribution < -0.4 is 5.32 Å². The predicted octanol–water partition coefficient (Wildman–Crippen LogP) is 3.41. The first-order chi connectivity index (χ1) is 10.8. The van der Waals surface area contributed by atoms with Gasteiger partial charge in [-0.05, 0) is 13.0 Å². The summed E-state index contributed by atoms with van der Waals surface area (Å²) in [6, 6.07) is 0.837. The van der Waals surface area contributed by atoms with Crippen molar-refractivity contribution in [2.75, 3.05) is 18.9 Å². The van der Waals surface area contributed by atoms with Crippen molar-refractivity contribution in [1.82, 2.24) is 10.3 Å². The lowest BCUT2D eigenvalue weighted by atomic mass is 10.2. The Kier molecular flexibility index (Phi) is 5.80. The average Bonchev–Trinajstić information content (AvgIpc) is 2.48. The van der Waals surface area contributed by atoms with Crippen LogP contribution in [-0.4, -0.2) is 29.8 Å². The van der Waals surface area contributed by atoms with Gasteiger partial charge in [-0.15, -0.1) is 11.8 Å². The lowest BCUT2D eigenvalue weighted by Gasteiger charge is -2.17. The number of hydrogen-bond donors (Lipinski definition) is 1. The number of halogens is 4. The fourth-order valence-corrected chi connectivity index (χ4v) is 3.01. The van der Waals surface area contributed by atoms with Crippen LogP contribution in [0.2, 0.25) is 5.02 Å². The van der Waals surface area contributed by atoms with Crippen molar-refractivity contribution in [2.45, 2.75) is 19.5 Å². The molecule has 126 valence electrons. The highest BCUT2D eigenvalue weighted by Crippen LogP contribution is 2.31. The van der Waals surface area contributed by atoms with Crippen LogP contribution in [0.15, 0.2) is 22.9 Å². The van der Waals surface area contributed by atoms with Gasteiger partial charge in [0.25, 0.3) is 5.91 Å². The van der Waals surface area contributed by atoms with Crippen LogP contribution in [0.3, 0.4) is 0 Å². The molecule has 2 rings (SSSR count). The number of hydrogen-bond acceptors (Lipinski definition) is 4. The lowest BCUT2D eigenvalue weighted by Crippen LogP contribution is -2.28. The van der Waals surface area contributed by atoms with Crippen LogP contribution in [0.4, 0.5) is 13.2 Å². The number of carbonyl (C=O) groups is 1. The maximum absolute atomic E-state index is 12.5. The van der Waals surface area contributed by atoms with Crippen molar-refractivity contribution >= 4 is 29.3 Å². The van der Waals surface area contributed by atoms with E-state index >= 15 is 0 Å². The molecule has 0 spiro atoms. The summed E-state index contributed by atoms with van der Waals surface area (Å²) in [5.41, 5.74) is -0.593. The Morgan fingerprint density at radius 3 is 2.87 bits per heavy atom. The molecule has 1 N–H and O–H groups in total. The molecule has 0 fully saturated rings. The Bertz CT molecular complexity index is 635. The highest BCUT2D eigenvalue weighted by Gasteiger charge is 2.31. The summed E-state index contributed by atoms with van der Waals surface area (Å²) in [6.45, 7) is 2.50. The topological polar surface area (TPSA) is 51.2 Å². The van der Waals surface area contributed by atoms with Crippen LogP contribution in [0.25, 0.3) is 0 Å². The van der Waals surface area contributed by atoms with Gasteiger partial charge in [-0.25, -0.2) is 0 Å². The first kappa shape index (κ1) is 17.9. The number of nitrogens with one attached hydrogen (secondary N) is 1. The molecular formula is C14H14ClF3N2O2S. The molecule has 0 aliphatic carbocycles. The summed E-state index contributed by atoms with van der Waals surface area (Å²) in [6.07, 6.45) is -3.51. The minimum Gasteiger partial charge on any atom is -0.496 e. The van der Waals surface area contributed by atoms with E-state index in [1.807, 2.05) is 0 Å². The van der Waals surface area contributed by atoms with Crippen LogP contribution in [0, 0.1) is 0 Å². The van der Waals surface area contributed by atoms with Gasteiger partial charge >= 0.3 is 6.18 Å². The SMILES string of the molecule is CC1=C(C(=O)NCCc2ncc(C(F)(F)F)cc2Cl)SCCO1. The summed E-state index contributed by atoms with van der Waals surface area (Å²) in [4.78, 5) is 16.2. The number of rotatable bonds is 4. The van der Waals surface area contributed by atoms with Crippen LogP contribution in [-0.2, 0) is 22.1 Å². The van der Waals surface area contributed by atoms with Gasteiger partial charge in [0.05, 0.1) is 22.9 Å². The standard InChI is InChI=1S/C14H14ClF3N2O2S/c1-8-12(23-5-4-22-8)13(21)19-3-2-11-10(15)6-9(7-20-11)14(16,17)18/h6-7H,2-5H2,1H3,(H,19,21). The second-order valence-electron chi connectivity index (χ2n) is 4.74. The normalized spacial score (nSPS) is 15.3. The molecule has 2 heterocycles. The minimum absolute atomic E-state index is 0.0696. The highest BCUT2D eigenvalue weighted by molar-refractivity contribution is 8.04. The number of thioether (sulfide) groups is 1. The maximum Gasteiger partial charge on any atom is 0.417 e. The van der Waals surface area contributed by atoms with Crippen LogP contribution >= 0.6 is 23.4 Å². The third-order valence-electron chi connectivity index (χ3n) is 3.07. The average molecular weight is 367 g/mol. The number of alkyl halides is 3. The van der Waals surface area contributed by atoms with Crippen molar-refractivity contribution in [3.05, 3.63) is 39.2 Å². The fraction of sp³-hybridized carbons (Fsp3) is 0.429. The first-order valence-corrected chi connectivity index (χ1v) is 8.11. The van der Waals surface area contributed by atoms with Crippen molar-refractivity contribution in [1.29, 1.82) is 0 Å². The Morgan fingerprint density at radius 2 is 2.26 bits per heavy atom. The molecular weight excluding hydrogens is 353 g/mol. The third-order valence-corrected chi connectivity index (χ3v) is 4.53. The summed E-state index contributed by atoms with van der Waals surface area (Å²) in [7, 11) is 0. The zero-order chi connectivity index (χ0) is 17.0. The van der Waals surface area contributed by atoms with E-state index in [4.69, 9.17) is 16.3 Å². The van der Waals surface area contributed by atoms with Gasteiger partial charge < -0.3 is 10.1 Å². The molecule has 0 aromatic carbocycles. The second-order valence-corrected chi connectivity index (χ2v) is 6.25. The van der Waals surface area contributed by atoms with E-state index in [1.54, 1.807) is 6.92 Å². The number of allylic oxidation sites excluding steroid dienone is 1. The Balaban J connectivity index is 1.93. The molecule has 0 radical (unpaired) electrons. The molecule has 1 aromatic heterocycles. The zero-order valence-electron chi connectivity index (χ0n) is 12.2. The van der Waals surface area contributed by atoms with E-state index in [0.717, 1.165) is 12.3 Å². The van der Waals surface area contributed by atoms with Gasteiger partial charge in [-0.1, -0.05) is 11.6 Å². The Labute approximate surface area is 140 Å². The number of ether oxygens (including phenoxy) is 1. The van der Waals surface area contributed by atoms with Crippen LogP contribution in [0.5, 0.6) is 0 Å². The Morgan fingerprint density at radius 1 is 1.52 bits per heavy atom. The highest BCUT2D eigenvalue weighted by atomic mass is 35.5. The van der Waals surface area contributed by atoms with Gasteiger partial charge in [-0.3, -0.25) is 9.78 Å². The number of amides is 1. The van der Waals surface area contributed by atoms with Gasteiger partial charge in [0.15, 0.2) is 0 Å². The monoisotopic (exact) mass is 366 g/mol. The van der Waals surface area contributed by atoms with E-state index in [0.29, 0.717) is 28.7 Å². The van der Waals surface area contributed by atoms with E-state index in [2.05, 4.69) is 10.3 Å². The lowest BCUT2D eigenvalue weighted by molar-refractivity contribution is -0.137. The second kappa shape index (κ2) is 7.44.